The molecule has 70 valence electrons. The monoisotopic (exact) mass is 189 g/mol. The molecule has 0 aliphatic heterocycles. The van der Waals surface area contributed by atoms with Crippen molar-refractivity contribution in [2.24, 2.45) is 0 Å². The highest BCUT2D eigenvalue weighted by atomic mass is 19.3. The molecule has 0 radical (unpaired) electrons. The molecule has 0 unspecified atom stereocenters. The van der Waals surface area contributed by atoms with Crippen LogP contribution in [0.1, 0.15) is 5.56 Å². The highest BCUT2D eigenvalue weighted by Gasteiger charge is 2.46. The van der Waals surface area contributed by atoms with E-state index in [2.05, 4.69) is 4.98 Å². The molecule has 1 rings (SSSR count). The number of halogens is 2. The summed E-state index contributed by atoms with van der Waals surface area (Å²) in [5.74, 6) is 0.0305. The summed E-state index contributed by atoms with van der Waals surface area (Å²) in [7, 11) is 0. The van der Waals surface area contributed by atoms with Gasteiger partial charge in [0.25, 0.3) is 0 Å². The summed E-state index contributed by atoms with van der Waals surface area (Å²) >= 11 is 0. The molecule has 1 aromatic heterocycles. The van der Waals surface area contributed by atoms with E-state index in [1.807, 2.05) is 0 Å². The van der Waals surface area contributed by atoms with Crippen molar-refractivity contribution in [3.05, 3.63) is 34.0 Å². The third-order valence-corrected chi connectivity index (χ3v) is 1.36. The van der Waals surface area contributed by atoms with Crippen molar-refractivity contribution in [2.45, 2.75) is 6.05 Å². The summed E-state index contributed by atoms with van der Waals surface area (Å²) < 4.78 is 25.3. The molecule has 13 heavy (non-hydrogen) atoms. The number of pyridine rings is 1. The molecule has 0 spiro atoms. The number of nitro groups is 1. The van der Waals surface area contributed by atoms with Gasteiger partial charge >= 0.3 is 6.05 Å². The molecule has 0 saturated carbocycles. The summed E-state index contributed by atoms with van der Waals surface area (Å²) in [6.07, 6.45) is 0.679. The van der Waals surface area contributed by atoms with Crippen LogP contribution in [-0.2, 0) is 6.05 Å². The molecule has 5 nitrogen and oxygen atoms in total. The van der Waals surface area contributed by atoms with Gasteiger partial charge < -0.3 is 5.73 Å². The zero-order valence-corrected chi connectivity index (χ0v) is 6.28. The van der Waals surface area contributed by atoms with E-state index in [1.54, 1.807) is 0 Å². The lowest BCUT2D eigenvalue weighted by Crippen LogP contribution is -2.24. The number of nitrogen functional groups attached to an aromatic ring is 1. The van der Waals surface area contributed by atoms with Crippen LogP contribution in [-0.4, -0.2) is 9.91 Å². The van der Waals surface area contributed by atoms with E-state index in [-0.39, 0.29) is 5.82 Å². The summed E-state index contributed by atoms with van der Waals surface area (Å²) in [6, 6.07) is -2.17. The molecule has 7 heteroatoms. The summed E-state index contributed by atoms with van der Waals surface area (Å²) in [6.45, 7) is 0. The van der Waals surface area contributed by atoms with Crippen LogP contribution in [0.5, 0.6) is 0 Å². The van der Waals surface area contributed by atoms with Crippen molar-refractivity contribution < 1.29 is 13.7 Å². The normalized spacial score (nSPS) is 11.2. The van der Waals surface area contributed by atoms with Crippen molar-refractivity contribution in [3.8, 4) is 0 Å². The number of anilines is 1. The fourth-order valence-electron chi connectivity index (χ4n) is 0.689. The van der Waals surface area contributed by atoms with E-state index in [9.17, 15) is 18.9 Å². The lowest BCUT2D eigenvalue weighted by Gasteiger charge is -2.05. The minimum atomic E-state index is -4.11. The van der Waals surface area contributed by atoms with E-state index in [4.69, 9.17) is 5.73 Å². The topological polar surface area (TPSA) is 82.0 Å². The quantitative estimate of drug-likeness (QED) is 0.427. The van der Waals surface area contributed by atoms with E-state index < -0.39 is 16.5 Å². The second kappa shape index (κ2) is 2.92. The van der Waals surface area contributed by atoms with Crippen LogP contribution in [0.4, 0.5) is 14.6 Å². The summed E-state index contributed by atoms with van der Waals surface area (Å²) in [5, 5.41) is 9.90. The van der Waals surface area contributed by atoms with E-state index in [0.717, 1.165) is 12.1 Å². The van der Waals surface area contributed by atoms with Crippen molar-refractivity contribution in [1.29, 1.82) is 0 Å². The molecule has 0 atom stereocenters. The van der Waals surface area contributed by atoms with E-state index in [1.165, 1.54) is 0 Å². The number of aromatic nitrogens is 1. The molecule has 1 aromatic rings. The van der Waals surface area contributed by atoms with Crippen molar-refractivity contribution >= 4 is 5.82 Å². The van der Waals surface area contributed by atoms with Crippen molar-refractivity contribution in [1.82, 2.24) is 4.98 Å². The molecule has 0 aliphatic carbocycles. The Morgan fingerprint density at radius 3 is 2.54 bits per heavy atom. The van der Waals surface area contributed by atoms with Crippen molar-refractivity contribution in [2.75, 3.05) is 5.73 Å². The molecule has 0 aliphatic rings. The second-order valence-corrected chi connectivity index (χ2v) is 2.27. The Bertz CT molecular complexity index is 325. The van der Waals surface area contributed by atoms with Crippen LogP contribution in [0.25, 0.3) is 0 Å². The summed E-state index contributed by atoms with van der Waals surface area (Å²) in [4.78, 5) is 11.5. The second-order valence-electron chi connectivity index (χ2n) is 2.27. The number of hydrogen-bond donors (Lipinski definition) is 1. The van der Waals surface area contributed by atoms with Gasteiger partial charge in [-0.1, -0.05) is 0 Å². The van der Waals surface area contributed by atoms with E-state index >= 15 is 0 Å². The van der Waals surface area contributed by atoms with Crippen LogP contribution in [0, 0.1) is 10.1 Å². The smallest absolute Gasteiger partial charge is 0.384 e. The third-order valence-electron chi connectivity index (χ3n) is 1.36. The molecule has 0 aromatic carbocycles. The summed E-state index contributed by atoms with van der Waals surface area (Å²) in [5.41, 5.74) is 4.33. The maximum atomic E-state index is 12.6. The molecular formula is C6H5F2N3O2. The number of rotatable bonds is 2. The van der Waals surface area contributed by atoms with Crippen LogP contribution in [0.15, 0.2) is 18.3 Å². The zero-order chi connectivity index (χ0) is 10.1. The minimum Gasteiger partial charge on any atom is -0.384 e. The van der Waals surface area contributed by atoms with Gasteiger partial charge in [0.1, 0.15) is 16.3 Å². The van der Waals surface area contributed by atoms with Gasteiger partial charge in [-0.05, 0) is 12.1 Å². The first-order valence-electron chi connectivity index (χ1n) is 3.19. The van der Waals surface area contributed by atoms with Crippen LogP contribution in [0.3, 0.4) is 0 Å². The highest BCUT2D eigenvalue weighted by Crippen LogP contribution is 2.27. The highest BCUT2D eigenvalue weighted by molar-refractivity contribution is 5.30. The minimum absolute atomic E-state index is 0.0305. The van der Waals surface area contributed by atoms with Crippen molar-refractivity contribution in [3.63, 3.8) is 0 Å². The van der Waals surface area contributed by atoms with Gasteiger partial charge in [0.2, 0.25) is 0 Å². The molecule has 0 saturated heterocycles. The predicted octanol–water partition coefficient (Wildman–Crippen LogP) is 0.990. The Labute approximate surface area is 71.3 Å². The van der Waals surface area contributed by atoms with Gasteiger partial charge in [-0.2, -0.15) is 0 Å². The number of alkyl halides is 2. The Kier molecular flexibility index (Phi) is 2.09. The first kappa shape index (κ1) is 9.30. The largest absolute Gasteiger partial charge is 0.540 e. The molecule has 2 N–H and O–H groups in total. The van der Waals surface area contributed by atoms with E-state index in [0.29, 0.717) is 6.20 Å². The number of nitrogens with two attached hydrogens (primary N) is 1. The van der Waals surface area contributed by atoms with Crippen LogP contribution < -0.4 is 5.73 Å². The molecule has 1 heterocycles. The molecular weight excluding hydrogens is 184 g/mol. The van der Waals surface area contributed by atoms with Crippen LogP contribution in [0.2, 0.25) is 0 Å². The fraction of sp³-hybridized carbons (Fsp3) is 0.167. The maximum absolute atomic E-state index is 12.6. The van der Waals surface area contributed by atoms with Gasteiger partial charge in [-0.3, -0.25) is 10.1 Å². The van der Waals surface area contributed by atoms with Crippen LogP contribution >= 0.6 is 0 Å². The number of hydrogen-bond acceptors (Lipinski definition) is 4. The Morgan fingerprint density at radius 2 is 2.15 bits per heavy atom. The van der Waals surface area contributed by atoms with Gasteiger partial charge in [-0.25, -0.2) is 4.98 Å². The fourth-order valence-corrected chi connectivity index (χ4v) is 0.689. The Hall–Kier alpha value is -1.79. The predicted molar refractivity (Wildman–Crippen MR) is 39.5 cm³/mol. The first-order valence-corrected chi connectivity index (χ1v) is 3.19. The van der Waals surface area contributed by atoms with Gasteiger partial charge in [0.15, 0.2) is 0 Å². The average molecular weight is 189 g/mol. The maximum Gasteiger partial charge on any atom is 0.540 e. The molecule has 0 bridgehead atoms. The standard InChI is InChI=1S/C6H5F2N3O2/c7-6(8,11(12)13)4-1-2-5(9)10-3-4/h1-3H,(H2,9,10). The average Bonchev–Trinajstić information content (AvgIpc) is 2.04. The Balaban J connectivity index is 3.08. The van der Waals surface area contributed by atoms with Gasteiger partial charge in [0.05, 0.1) is 0 Å². The third kappa shape index (κ3) is 1.68. The number of nitrogens with zero attached hydrogens (tertiary/aromatic N) is 2. The SMILES string of the molecule is Nc1ccc(C(F)(F)[N+](=O)[O-])cn1. The zero-order valence-electron chi connectivity index (χ0n) is 6.28. The molecule has 0 amide bonds. The van der Waals surface area contributed by atoms with Gasteiger partial charge in [-0.15, -0.1) is 8.78 Å². The van der Waals surface area contributed by atoms with Gasteiger partial charge in [0, 0.05) is 6.20 Å². The Morgan fingerprint density at radius 1 is 1.54 bits per heavy atom. The lowest BCUT2D eigenvalue weighted by atomic mass is 10.2. The lowest BCUT2D eigenvalue weighted by molar-refractivity contribution is -0.656. The first-order chi connectivity index (χ1) is 5.94. The molecule has 0 fully saturated rings.